The maximum Gasteiger partial charge on any atom is 0.229 e. The second-order valence-electron chi connectivity index (χ2n) is 4.18. The molecular weight excluding hydrogens is 240 g/mol. The van der Waals surface area contributed by atoms with Crippen LogP contribution in [0.2, 0.25) is 0 Å². The number of hydrogen-bond acceptors (Lipinski definition) is 4. The number of anilines is 1. The predicted molar refractivity (Wildman–Crippen MR) is 73.3 cm³/mol. The number of carbonyl (C=O) groups excluding carboxylic acids is 1. The Hall–Kier alpha value is -2.27. The van der Waals surface area contributed by atoms with Crippen molar-refractivity contribution >= 4 is 11.9 Å². The molecule has 0 bridgehead atoms. The first-order valence-corrected chi connectivity index (χ1v) is 6.13. The number of rotatable bonds is 5. The summed E-state index contributed by atoms with van der Waals surface area (Å²) in [6.07, 6.45) is 4.09. The first-order chi connectivity index (χ1) is 9.25. The van der Waals surface area contributed by atoms with E-state index < -0.39 is 0 Å². The zero-order valence-corrected chi connectivity index (χ0v) is 10.5. The molecule has 98 valence electrons. The number of benzene rings is 1. The highest BCUT2D eigenvalue weighted by molar-refractivity contribution is 5.88. The van der Waals surface area contributed by atoms with Gasteiger partial charge >= 0.3 is 0 Å². The minimum Gasteiger partial charge on any atom is -0.324 e. The lowest BCUT2D eigenvalue weighted by molar-refractivity contribution is -0.116. The van der Waals surface area contributed by atoms with E-state index in [4.69, 9.17) is 5.73 Å². The Balaban J connectivity index is 1.81. The Morgan fingerprint density at radius 3 is 2.53 bits per heavy atom. The third-order valence-corrected chi connectivity index (χ3v) is 2.73. The van der Waals surface area contributed by atoms with Crippen LogP contribution in [0.4, 0.5) is 5.95 Å². The predicted octanol–water partition coefficient (Wildman–Crippen LogP) is 1.90. The van der Waals surface area contributed by atoms with Gasteiger partial charge in [0.25, 0.3) is 0 Å². The van der Waals surface area contributed by atoms with Crippen LogP contribution in [0.3, 0.4) is 0 Å². The van der Waals surface area contributed by atoms with Gasteiger partial charge in [0.2, 0.25) is 11.9 Å². The van der Waals surface area contributed by atoms with Crippen molar-refractivity contribution in [1.29, 1.82) is 0 Å². The Morgan fingerprint density at radius 1 is 1.16 bits per heavy atom. The van der Waals surface area contributed by atoms with Gasteiger partial charge in [-0.3, -0.25) is 10.1 Å². The SMILES string of the molecule is NC(CCC(=O)Nc1ncccn1)c1ccccc1. The van der Waals surface area contributed by atoms with Crippen LogP contribution in [-0.4, -0.2) is 15.9 Å². The lowest BCUT2D eigenvalue weighted by atomic mass is 10.0. The topological polar surface area (TPSA) is 80.9 Å². The summed E-state index contributed by atoms with van der Waals surface area (Å²) in [4.78, 5) is 19.6. The van der Waals surface area contributed by atoms with Crippen molar-refractivity contribution in [3.63, 3.8) is 0 Å². The molecule has 0 aliphatic carbocycles. The third kappa shape index (κ3) is 4.15. The zero-order chi connectivity index (χ0) is 13.5. The molecule has 0 radical (unpaired) electrons. The van der Waals surface area contributed by atoms with Crippen LogP contribution in [-0.2, 0) is 4.79 Å². The molecule has 0 aliphatic rings. The molecule has 1 unspecified atom stereocenters. The van der Waals surface area contributed by atoms with E-state index in [-0.39, 0.29) is 11.9 Å². The standard InChI is InChI=1S/C14H16N4O/c15-12(11-5-2-1-3-6-11)7-8-13(19)18-14-16-9-4-10-17-14/h1-6,9-10,12H,7-8,15H2,(H,16,17,18,19). The number of aromatic nitrogens is 2. The molecule has 1 amide bonds. The first kappa shape index (κ1) is 13.2. The molecule has 0 spiro atoms. The van der Waals surface area contributed by atoms with Crippen molar-refractivity contribution < 1.29 is 4.79 Å². The molecule has 0 aliphatic heterocycles. The van der Waals surface area contributed by atoms with Gasteiger partial charge < -0.3 is 5.73 Å². The summed E-state index contributed by atoms with van der Waals surface area (Å²) in [5, 5.41) is 2.63. The molecule has 0 saturated heterocycles. The van der Waals surface area contributed by atoms with Gasteiger partial charge in [0.15, 0.2) is 0 Å². The Kier molecular flexibility index (Phi) is 4.58. The van der Waals surface area contributed by atoms with Crippen molar-refractivity contribution in [2.24, 2.45) is 5.73 Å². The van der Waals surface area contributed by atoms with Crippen LogP contribution in [0.25, 0.3) is 0 Å². The number of hydrogen-bond donors (Lipinski definition) is 2. The Labute approximate surface area is 111 Å². The minimum absolute atomic E-state index is 0.127. The lowest BCUT2D eigenvalue weighted by Gasteiger charge is -2.11. The molecule has 1 aromatic heterocycles. The largest absolute Gasteiger partial charge is 0.324 e. The van der Waals surface area contributed by atoms with Gasteiger partial charge in [-0.15, -0.1) is 0 Å². The van der Waals surface area contributed by atoms with Gasteiger partial charge in [0.1, 0.15) is 0 Å². The molecule has 5 nitrogen and oxygen atoms in total. The summed E-state index contributed by atoms with van der Waals surface area (Å²) < 4.78 is 0. The smallest absolute Gasteiger partial charge is 0.229 e. The summed E-state index contributed by atoms with van der Waals surface area (Å²) in [6.45, 7) is 0. The van der Waals surface area contributed by atoms with Gasteiger partial charge in [-0.1, -0.05) is 30.3 Å². The summed E-state index contributed by atoms with van der Waals surface area (Å²) >= 11 is 0. The monoisotopic (exact) mass is 256 g/mol. The molecule has 5 heteroatoms. The molecule has 1 aromatic carbocycles. The van der Waals surface area contributed by atoms with E-state index in [9.17, 15) is 4.79 Å². The van der Waals surface area contributed by atoms with Crippen LogP contribution in [0.15, 0.2) is 48.8 Å². The Bertz CT molecular complexity index is 515. The summed E-state index contributed by atoms with van der Waals surface area (Å²) in [7, 11) is 0. The second-order valence-corrected chi connectivity index (χ2v) is 4.18. The third-order valence-electron chi connectivity index (χ3n) is 2.73. The quantitative estimate of drug-likeness (QED) is 0.856. The summed E-state index contributed by atoms with van der Waals surface area (Å²) in [6, 6.07) is 11.3. The fourth-order valence-electron chi connectivity index (χ4n) is 1.70. The van der Waals surface area contributed by atoms with Gasteiger partial charge in [0, 0.05) is 24.9 Å². The van der Waals surface area contributed by atoms with E-state index in [0.717, 1.165) is 5.56 Å². The van der Waals surface area contributed by atoms with Crippen LogP contribution in [0.1, 0.15) is 24.4 Å². The minimum atomic E-state index is -0.136. The highest BCUT2D eigenvalue weighted by Gasteiger charge is 2.09. The van der Waals surface area contributed by atoms with Crippen molar-refractivity contribution in [3.05, 3.63) is 54.4 Å². The molecule has 19 heavy (non-hydrogen) atoms. The van der Waals surface area contributed by atoms with Gasteiger partial charge in [-0.05, 0) is 18.1 Å². The van der Waals surface area contributed by atoms with E-state index in [0.29, 0.717) is 18.8 Å². The van der Waals surface area contributed by atoms with Gasteiger partial charge in [-0.2, -0.15) is 0 Å². The van der Waals surface area contributed by atoms with E-state index in [1.54, 1.807) is 18.5 Å². The number of nitrogens with one attached hydrogen (secondary N) is 1. The van der Waals surface area contributed by atoms with Crippen LogP contribution < -0.4 is 11.1 Å². The highest BCUT2D eigenvalue weighted by atomic mass is 16.1. The summed E-state index contributed by atoms with van der Waals surface area (Å²) in [5.41, 5.74) is 7.06. The van der Waals surface area contributed by atoms with Crippen LogP contribution in [0.5, 0.6) is 0 Å². The van der Waals surface area contributed by atoms with E-state index in [1.165, 1.54) is 0 Å². The molecule has 2 aromatic rings. The van der Waals surface area contributed by atoms with Gasteiger partial charge in [-0.25, -0.2) is 9.97 Å². The van der Waals surface area contributed by atoms with Gasteiger partial charge in [0.05, 0.1) is 0 Å². The lowest BCUT2D eigenvalue weighted by Crippen LogP contribution is -2.17. The average Bonchev–Trinajstić information content (AvgIpc) is 2.47. The fraction of sp³-hybridized carbons (Fsp3) is 0.214. The number of nitrogens with two attached hydrogens (primary N) is 1. The summed E-state index contributed by atoms with van der Waals surface area (Å²) in [5.74, 6) is 0.193. The number of carbonyl (C=O) groups is 1. The van der Waals surface area contributed by atoms with Crippen molar-refractivity contribution in [1.82, 2.24) is 9.97 Å². The molecule has 0 saturated carbocycles. The van der Waals surface area contributed by atoms with Crippen molar-refractivity contribution in [2.45, 2.75) is 18.9 Å². The highest BCUT2D eigenvalue weighted by Crippen LogP contribution is 2.15. The number of nitrogens with zero attached hydrogens (tertiary/aromatic N) is 2. The van der Waals surface area contributed by atoms with Crippen molar-refractivity contribution in [2.75, 3.05) is 5.32 Å². The molecule has 2 rings (SSSR count). The molecule has 0 fully saturated rings. The second kappa shape index (κ2) is 6.61. The maximum absolute atomic E-state index is 11.7. The average molecular weight is 256 g/mol. The van der Waals surface area contributed by atoms with Crippen LogP contribution >= 0.6 is 0 Å². The first-order valence-electron chi connectivity index (χ1n) is 6.13. The van der Waals surface area contributed by atoms with Crippen molar-refractivity contribution in [3.8, 4) is 0 Å². The fourth-order valence-corrected chi connectivity index (χ4v) is 1.70. The van der Waals surface area contributed by atoms with E-state index in [1.807, 2.05) is 30.3 Å². The molecule has 3 N–H and O–H groups in total. The van der Waals surface area contributed by atoms with Crippen LogP contribution in [0, 0.1) is 0 Å². The molecular formula is C14H16N4O. The zero-order valence-electron chi connectivity index (χ0n) is 10.5. The van der Waals surface area contributed by atoms with E-state index in [2.05, 4.69) is 15.3 Å². The number of amides is 1. The normalized spacial score (nSPS) is 11.8. The molecule has 1 atom stereocenters. The Morgan fingerprint density at radius 2 is 1.84 bits per heavy atom. The molecule has 1 heterocycles. The maximum atomic E-state index is 11.7. The van der Waals surface area contributed by atoms with E-state index >= 15 is 0 Å².